The third kappa shape index (κ3) is 6.62. The molecule has 0 aliphatic carbocycles. The number of aliphatic hydroxyl groups is 1. The molecule has 0 radical (unpaired) electrons. The van der Waals surface area contributed by atoms with Crippen molar-refractivity contribution in [1.29, 1.82) is 0 Å². The van der Waals surface area contributed by atoms with Crippen LogP contribution in [0.1, 0.15) is 53.4 Å². The van der Waals surface area contributed by atoms with Crippen molar-refractivity contribution in [3.05, 3.63) is 11.8 Å². The Labute approximate surface area is 116 Å². The summed E-state index contributed by atoms with van der Waals surface area (Å²) in [6.45, 7) is 8.95. The molecule has 19 heavy (non-hydrogen) atoms. The first-order valence-electron chi connectivity index (χ1n) is 7.21. The number of carbonyl (C=O) groups excluding carboxylic acids is 1. The molecule has 0 saturated heterocycles. The lowest BCUT2D eigenvalue weighted by molar-refractivity contribution is -0.122. The molecule has 0 fully saturated rings. The summed E-state index contributed by atoms with van der Waals surface area (Å²) in [5.41, 5.74) is 0.0462. The first-order chi connectivity index (χ1) is 8.78. The van der Waals surface area contributed by atoms with E-state index in [1.807, 2.05) is 13.0 Å². The Hall–Kier alpha value is -1.03. The van der Waals surface area contributed by atoms with Gasteiger partial charge >= 0.3 is 0 Å². The van der Waals surface area contributed by atoms with Gasteiger partial charge in [-0.25, -0.2) is 0 Å². The maximum Gasteiger partial charge on any atom is 0.220 e. The van der Waals surface area contributed by atoms with E-state index in [0.29, 0.717) is 12.2 Å². The summed E-state index contributed by atoms with van der Waals surface area (Å²) in [6, 6.07) is 0.358. The highest BCUT2D eigenvalue weighted by Crippen LogP contribution is 2.18. The molecule has 1 heterocycles. The van der Waals surface area contributed by atoms with E-state index in [0.717, 1.165) is 25.8 Å². The van der Waals surface area contributed by atoms with E-state index in [1.54, 1.807) is 0 Å². The molecule has 1 aliphatic heterocycles. The first-order valence-corrected chi connectivity index (χ1v) is 7.21. The van der Waals surface area contributed by atoms with Gasteiger partial charge in [0.05, 0.1) is 6.04 Å². The molecule has 0 bridgehead atoms. The van der Waals surface area contributed by atoms with Gasteiger partial charge in [0.25, 0.3) is 0 Å². The van der Waals surface area contributed by atoms with E-state index >= 15 is 0 Å². The van der Waals surface area contributed by atoms with Gasteiger partial charge in [0, 0.05) is 19.0 Å². The molecule has 0 aromatic heterocycles. The van der Waals surface area contributed by atoms with E-state index in [-0.39, 0.29) is 23.4 Å². The monoisotopic (exact) mass is 268 g/mol. The van der Waals surface area contributed by atoms with Crippen molar-refractivity contribution >= 4 is 5.91 Å². The SMILES string of the molecule is C[C@@H]1C=C(O)[C@@H](CCCCNC(=O)CC(C)(C)C)N1. The van der Waals surface area contributed by atoms with Crippen LogP contribution in [0.25, 0.3) is 0 Å². The van der Waals surface area contributed by atoms with E-state index in [9.17, 15) is 9.90 Å². The molecule has 4 heteroatoms. The number of hydrogen-bond donors (Lipinski definition) is 3. The molecule has 4 nitrogen and oxygen atoms in total. The fraction of sp³-hybridized carbons (Fsp3) is 0.800. The Morgan fingerprint density at radius 2 is 2.11 bits per heavy atom. The van der Waals surface area contributed by atoms with Crippen molar-refractivity contribution < 1.29 is 9.90 Å². The van der Waals surface area contributed by atoms with E-state index in [2.05, 4.69) is 31.4 Å². The van der Waals surface area contributed by atoms with Gasteiger partial charge < -0.3 is 15.7 Å². The Bertz CT molecular complexity index is 332. The predicted molar refractivity (Wildman–Crippen MR) is 78.0 cm³/mol. The minimum absolute atomic E-state index is 0.0462. The van der Waals surface area contributed by atoms with E-state index < -0.39 is 0 Å². The number of carbonyl (C=O) groups is 1. The molecule has 2 atom stereocenters. The minimum atomic E-state index is 0.0462. The van der Waals surface area contributed by atoms with Crippen molar-refractivity contribution in [2.45, 2.75) is 65.5 Å². The molecule has 1 amide bonds. The number of amides is 1. The number of nitrogens with one attached hydrogen (secondary N) is 2. The molecule has 0 unspecified atom stereocenters. The summed E-state index contributed by atoms with van der Waals surface area (Å²) in [7, 11) is 0. The van der Waals surface area contributed by atoms with Gasteiger partial charge in [0.2, 0.25) is 5.91 Å². The molecule has 0 aromatic carbocycles. The van der Waals surface area contributed by atoms with Crippen molar-refractivity contribution in [3.63, 3.8) is 0 Å². The summed E-state index contributed by atoms with van der Waals surface area (Å²) in [6.07, 6.45) is 5.30. The summed E-state index contributed by atoms with van der Waals surface area (Å²) in [5, 5.41) is 15.9. The van der Waals surface area contributed by atoms with E-state index in [4.69, 9.17) is 0 Å². The van der Waals surface area contributed by atoms with Crippen molar-refractivity contribution in [1.82, 2.24) is 10.6 Å². The summed E-state index contributed by atoms with van der Waals surface area (Å²) < 4.78 is 0. The van der Waals surface area contributed by atoms with Crippen molar-refractivity contribution in [3.8, 4) is 0 Å². The third-order valence-electron chi connectivity index (χ3n) is 3.17. The van der Waals surface area contributed by atoms with Crippen LogP contribution in [0.5, 0.6) is 0 Å². The second-order valence-corrected chi connectivity index (χ2v) is 6.68. The molecule has 3 N–H and O–H groups in total. The molecule has 1 rings (SSSR count). The van der Waals surface area contributed by atoms with Crippen LogP contribution in [0.4, 0.5) is 0 Å². The molecule has 1 aliphatic rings. The molecule has 0 saturated carbocycles. The van der Waals surface area contributed by atoms with Crippen LogP contribution in [0.15, 0.2) is 11.8 Å². The Morgan fingerprint density at radius 3 is 2.63 bits per heavy atom. The summed E-state index contributed by atoms with van der Waals surface area (Å²) in [5.74, 6) is 0.590. The lowest BCUT2D eigenvalue weighted by Gasteiger charge is -2.17. The molecule has 0 spiro atoms. The zero-order chi connectivity index (χ0) is 14.5. The molecule has 110 valence electrons. The van der Waals surface area contributed by atoms with E-state index in [1.165, 1.54) is 0 Å². The lowest BCUT2D eigenvalue weighted by Crippen LogP contribution is -2.31. The van der Waals surface area contributed by atoms with Gasteiger partial charge in [-0.15, -0.1) is 0 Å². The highest BCUT2D eigenvalue weighted by molar-refractivity contribution is 5.76. The average Bonchev–Trinajstić information content (AvgIpc) is 2.54. The molecular weight excluding hydrogens is 240 g/mol. The normalized spacial score (nSPS) is 23.3. The van der Waals surface area contributed by atoms with Gasteiger partial charge in [-0.05, 0) is 37.7 Å². The van der Waals surface area contributed by atoms with Crippen LogP contribution in [0, 0.1) is 5.41 Å². The van der Waals surface area contributed by atoms with Crippen LogP contribution >= 0.6 is 0 Å². The van der Waals surface area contributed by atoms with Crippen LogP contribution in [-0.2, 0) is 4.79 Å². The van der Waals surface area contributed by atoms with Crippen molar-refractivity contribution in [2.75, 3.05) is 6.54 Å². The largest absolute Gasteiger partial charge is 0.511 e. The van der Waals surface area contributed by atoms with Gasteiger partial charge in [0.1, 0.15) is 5.76 Å². The fourth-order valence-corrected chi connectivity index (χ4v) is 2.30. The number of hydrogen-bond acceptors (Lipinski definition) is 3. The number of aliphatic hydroxyl groups excluding tert-OH is 1. The van der Waals surface area contributed by atoms with Gasteiger partial charge in [-0.3, -0.25) is 4.79 Å². The Kier molecular flexibility index (Phi) is 5.85. The third-order valence-corrected chi connectivity index (χ3v) is 3.17. The van der Waals surface area contributed by atoms with Crippen LogP contribution in [-0.4, -0.2) is 29.6 Å². The zero-order valence-electron chi connectivity index (χ0n) is 12.6. The number of unbranched alkanes of at least 4 members (excludes halogenated alkanes) is 1. The van der Waals surface area contributed by atoms with Crippen LogP contribution < -0.4 is 10.6 Å². The van der Waals surface area contributed by atoms with Gasteiger partial charge in [0.15, 0.2) is 0 Å². The number of rotatable bonds is 6. The van der Waals surface area contributed by atoms with Crippen LogP contribution in [0.2, 0.25) is 0 Å². The maximum absolute atomic E-state index is 11.6. The quantitative estimate of drug-likeness (QED) is 0.649. The second-order valence-electron chi connectivity index (χ2n) is 6.68. The van der Waals surface area contributed by atoms with Gasteiger partial charge in [-0.2, -0.15) is 0 Å². The highest BCUT2D eigenvalue weighted by Gasteiger charge is 2.21. The molecule has 0 aromatic rings. The predicted octanol–water partition coefficient (Wildman–Crippen LogP) is 2.51. The summed E-state index contributed by atoms with van der Waals surface area (Å²) in [4.78, 5) is 11.6. The standard InChI is InChI=1S/C15H28N2O2/c1-11-9-13(18)12(17-11)7-5-6-8-16-14(19)10-15(2,3)4/h9,11-12,17-18H,5-8,10H2,1-4H3,(H,16,19)/t11-,12-/m1/s1. The second kappa shape index (κ2) is 6.94. The topological polar surface area (TPSA) is 61.4 Å². The fourth-order valence-electron chi connectivity index (χ4n) is 2.30. The smallest absolute Gasteiger partial charge is 0.220 e. The average molecular weight is 268 g/mol. The molecular formula is C15H28N2O2. The minimum Gasteiger partial charge on any atom is -0.511 e. The Morgan fingerprint density at radius 1 is 1.42 bits per heavy atom. The maximum atomic E-state index is 11.6. The van der Waals surface area contributed by atoms with Crippen molar-refractivity contribution in [2.24, 2.45) is 5.41 Å². The lowest BCUT2D eigenvalue weighted by atomic mass is 9.92. The highest BCUT2D eigenvalue weighted by atomic mass is 16.3. The first kappa shape index (κ1) is 16.0. The summed E-state index contributed by atoms with van der Waals surface area (Å²) >= 11 is 0. The Balaban J connectivity index is 2.06. The van der Waals surface area contributed by atoms with Gasteiger partial charge in [-0.1, -0.05) is 20.8 Å². The zero-order valence-corrected chi connectivity index (χ0v) is 12.6. The van der Waals surface area contributed by atoms with Crippen LogP contribution in [0.3, 0.4) is 0 Å².